The van der Waals surface area contributed by atoms with Gasteiger partial charge in [0.25, 0.3) is 0 Å². The van der Waals surface area contributed by atoms with Crippen LogP contribution in [-0.4, -0.2) is 47.4 Å². The number of carbonyl (C=O) groups excluding carboxylic acids is 2. The fraction of sp³-hybridized carbons (Fsp3) is 0.889. The molecule has 0 rings (SSSR count). The number of hydrogen-bond acceptors (Lipinski definition) is 5. The van der Waals surface area contributed by atoms with Crippen molar-refractivity contribution in [1.82, 2.24) is 5.32 Å². The summed E-state index contributed by atoms with van der Waals surface area (Å²) >= 11 is 0. The molecule has 0 aromatic rings. The minimum Gasteiger partial charge on any atom is -0.466 e. The van der Waals surface area contributed by atoms with Gasteiger partial charge in [0.15, 0.2) is 0 Å². The Balaban J connectivity index is 3.48. The molecule has 0 bridgehead atoms. The van der Waals surface area contributed by atoms with Gasteiger partial charge in [-0.1, -0.05) is 237 Å². The van der Waals surface area contributed by atoms with Crippen LogP contribution in [0.1, 0.15) is 284 Å². The molecule has 0 aromatic carbocycles. The molecule has 0 aromatic heterocycles. The molecule has 0 radical (unpaired) electrons. The zero-order valence-electron chi connectivity index (χ0n) is 40.2. The van der Waals surface area contributed by atoms with E-state index in [1.807, 2.05) is 0 Å². The lowest BCUT2D eigenvalue weighted by atomic mass is 10.0. The maximum Gasteiger partial charge on any atom is 0.305 e. The van der Waals surface area contributed by atoms with Gasteiger partial charge < -0.3 is 20.3 Å². The van der Waals surface area contributed by atoms with Crippen LogP contribution in [0.4, 0.5) is 0 Å². The van der Waals surface area contributed by atoms with E-state index in [1.165, 1.54) is 173 Å². The van der Waals surface area contributed by atoms with E-state index in [9.17, 15) is 19.8 Å². The second-order valence-electron chi connectivity index (χ2n) is 18.2. The quantitative estimate of drug-likeness (QED) is 0.0322. The van der Waals surface area contributed by atoms with Crippen LogP contribution in [-0.2, 0) is 14.3 Å². The highest BCUT2D eigenvalue weighted by Gasteiger charge is 2.20. The molecule has 0 spiro atoms. The van der Waals surface area contributed by atoms with Crippen molar-refractivity contribution in [2.75, 3.05) is 13.2 Å². The van der Waals surface area contributed by atoms with Crippen LogP contribution in [0.3, 0.4) is 0 Å². The number of amides is 1. The van der Waals surface area contributed by atoms with Crippen molar-refractivity contribution >= 4 is 11.9 Å². The van der Waals surface area contributed by atoms with Gasteiger partial charge in [-0.2, -0.15) is 0 Å². The Labute approximate surface area is 373 Å². The van der Waals surface area contributed by atoms with Crippen LogP contribution in [0.25, 0.3) is 0 Å². The fourth-order valence-electron chi connectivity index (χ4n) is 8.16. The zero-order chi connectivity index (χ0) is 43.7. The van der Waals surface area contributed by atoms with Crippen molar-refractivity contribution in [2.45, 2.75) is 296 Å². The molecule has 2 unspecified atom stereocenters. The van der Waals surface area contributed by atoms with Gasteiger partial charge >= 0.3 is 5.97 Å². The molecule has 2 atom stereocenters. The van der Waals surface area contributed by atoms with Crippen LogP contribution in [0.15, 0.2) is 24.3 Å². The second kappa shape index (κ2) is 50.0. The van der Waals surface area contributed by atoms with Gasteiger partial charge in [-0.15, -0.1) is 0 Å². The number of ether oxygens (including phenoxy) is 1. The highest BCUT2D eigenvalue weighted by atomic mass is 16.5. The Bertz CT molecular complexity index is 935. The Morgan fingerprint density at radius 1 is 0.467 bits per heavy atom. The van der Waals surface area contributed by atoms with Crippen molar-refractivity contribution < 1.29 is 24.5 Å². The van der Waals surface area contributed by atoms with E-state index in [-0.39, 0.29) is 18.5 Å². The molecule has 6 nitrogen and oxygen atoms in total. The number of esters is 1. The van der Waals surface area contributed by atoms with E-state index in [0.717, 1.165) is 77.0 Å². The summed E-state index contributed by atoms with van der Waals surface area (Å²) in [5.41, 5.74) is 0. The summed E-state index contributed by atoms with van der Waals surface area (Å²) in [4.78, 5) is 24.4. The first-order valence-corrected chi connectivity index (χ1v) is 26.6. The van der Waals surface area contributed by atoms with Crippen LogP contribution in [0.2, 0.25) is 0 Å². The molecule has 354 valence electrons. The van der Waals surface area contributed by atoms with Crippen molar-refractivity contribution in [3.63, 3.8) is 0 Å². The van der Waals surface area contributed by atoms with Crippen LogP contribution in [0.5, 0.6) is 0 Å². The predicted molar refractivity (Wildman–Crippen MR) is 260 cm³/mol. The molecule has 0 aliphatic heterocycles. The summed E-state index contributed by atoms with van der Waals surface area (Å²) in [6, 6.07) is -0.556. The molecule has 0 aliphatic rings. The van der Waals surface area contributed by atoms with E-state index in [1.54, 1.807) is 0 Å². The standard InChI is InChI=1S/C54H103NO5/c1-3-5-7-9-11-13-15-16-17-18-21-24-28-32-36-40-44-48-54(59)60-49-45-41-37-33-29-25-22-19-20-23-27-31-35-39-43-47-53(58)55-51(50-56)52(57)46-42-38-34-30-26-14-12-10-8-6-4-2/h19,22,25,29,51-52,56-57H,3-18,20-21,23-24,26-28,30-50H2,1-2H3,(H,55,58)/b22-19-,29-25-. The van der Waals surface area contributed by atoms with Gasteiger partial charge in [0.1, 0.15) is 0 Å². The third-order valence-electron chi connectivity index (χ3n) is 12.3. The van der Waals surface area contributed by atoms with E-state index < -0.39 is 12.1 Å². The topological polar surface area (TPSA) is 95.9 Å². The summed E-state index contributed by atoms with van der Waals surface area (Å²) in [5.74, 6) is -0.0764. The monoisotopic (exact) mass is 846 g/mol. The highest BCUT2D eigenvalue weighted by molar-refractivity contribution is 5.76. The lowest BCUT2D eigenvalue weighted by Crippen LogP contribution is -2.45. The van der Waals surface area contributed by atoms with Crippen LogP contribution >= 0.6 is 0 Å². The van der Waals surface area contributed by atoms with E-state index in [4.69, 9.17) is 4.74 Å². The van der Waals surface area contributed by atoms with Crippen molar-refractivity contribution in [2.24, 2.45) is 0 Å². The van der Waals surface area contributed by atoms with Crippen molar-refractivity contribution in [3.8, 4) is 0 Å². The predicted octanol–water partition coefficient (Wildman–Crippen LogP) is 15.9. The zero-order valence-corrected chi connectivity index (χ0v) is 40.2. The molecule has 0 saturated carbocycles. The largest absolute Gasteiger partial charge is 0.466 e. The number of rotatable bonds is 49. The first-order chi connectivity index (χ1) is 29.5. The highest BCUT2D eigenvalue weighted by Crippen LogP contribution is 2.16. The first kappa shape index (κ1) is 58.3. The molecule has 0 heterocycles. The number of unbranched alkanes of at least 4 members (excludes halogenated alkanes) is 35. The summed E-state index contributed by atoms with van der Waals surface area (Å²) in [6.45, 7) is 4.89. The fourth-order valence-corrected chi connectivity index (χ4v) is 8.16. The first-order valence-electron chi connectivity index (χ1n) is 26.6. The number of aliphatic hydroxyl groups excluding tert-OH is 2. The molecular formula is C54H103NO5. The molecule has 1 amide bonds. The van der Waals surface area contributed by atoms with Crippen molar-refractivity contribution in [1.29, 1.82) is 0 Å². The Morgan fingerprint density at radius 3 is 1.23 bits per heavy atom. The number of carbonyl (C=O) groups is 2. The van der Waals surface area contributed by atoms with Gasteiger partial charge in [-0.3, -0.25) is 9.59 Å². The summed E-state index contributed by atoms with van der Waals surface area (Å²) in [6.07, 6.45) is 58.7. The summed E-state index contributed by atoms with van der Waals surface area (Å²) < 4.78 is 5.45. The summed E-state index contributed by atoms with van der Waals surface area (Å²) in [5, 5.41) is 23.1. The molecule has 0 saturated heterocycles. The van der Waals surface area contributed by atoms with E-state index in [2.05, 4.69) is 43.5 Å². The minimum atomic E-state index is -0.676. The number of aliphatic hydroxyl groups is 2. The van der Waals surface area contributed by atoms with Gasteiger partial charge in [0.2, 0.25) is 5.91 Å². The Kier molecular flexibility index (Phi) is 48.6. The average molecular weight is 846 g/mol. The third kappa shape index (κ3) is 45.9. The smallest absolute Gasteiger partial charge is 0.305 e. The van der Waals surface area contributed by atoms with Gasteiger partial charge in [-0.25, -0.2) is 0 Å². The van der Waals surface area contributed by atoms with Gasteiger partial charge in [0.05, 0.1) is 25.4 Å². The van der Waals surface area contributed by atoms with Crippen LogP contribution in [0, 0.1) is 0 Å². The molecule has 6 heteroatoms. The Hall–Kier alpha value is -1.66. The lowest BCUT2D eigenvalue weighted by molar-refractivity contribution is -0.143. The molecule has 0 fully saturated rings. The number of nitrogens with one attached hydrogen (secondary N) is 1. The molecule has 0 aliphatic carbocycles. The van der Waals surface area contributed by atoms with Crippen LogP contribution < -0.4 is 5.32 Å². The maximum absolute atomic E-state index is 12.4. The normalized spacial score (nSPS) is 12.8. The lowest BCUT2D eigenvalue weighted by Gasteiger charge is -2.22. The van der Waals surface area contributed by atoms with E-state index in [0.29, 0.717) is 25.9 Å². The average Bonchev–Trinajstić information content (AvgIpc) is 3.25. The molecule has 3 N–H and O–H groups in total. The number of allylic oxidation sites excluding steroid dienone is 4. The van der Waals surface area contributed by atoms with Crippen molar-refractivity contribution in [3.05, 3.63) is 24.3 Å². The second-order valence-corrected chi connectivity index (χ2v) is 18.2. The third-order valence-corrected chi connectivity index (χ3v) is 12.3. The summed E-state index contributed by atoms with van der Waals surface area (Å²) in [7, 11) is 0. The maximum atomic E-state index is 12.4. The SMILES string of the molecule is CCCCCCCCCCCCCCCCCCCC(=O)OCCCCC/C=C\C=C/CCCCCCCCC(=O)NC(CO)C(O)CCCCCCCCCCCCC. The number of hydrogen-bond donors (Lipinski definition) is 3. The molecular weight excluding hydrogens is 743 g/mol. The Morgan fingerprint density at radius 2 is 0.817 bits per heavy atom. The van der Waals surface area contributed by atoms with Gasteiger partial charge in [-0.05, 0) is 57.8 Å². The van der Waals surface area contributed by atoms with E-state index >= 15 is 0 Å². The minimum absolute atomic E-state index is 0.0180. The molecule has 60 heavy (non-hydrogen) atoms. The van der Waals surface area contributed by atoms with Gasteiger partial charge in [0, 0.05) is 12.8 Å².